The molecule has 0 radical (unpaired) electrons. The van der Waals surface area contributed by atoms with E-state index in [1.54, 1.807) is 0 Å². The van der Waals surface area contributed by atoms with E-state index in [-0.39, 0.29) is 17.0 Å². The molecular weight excluding hydrogens is 320 g/mol. The van der Waals surface area contributed by atoms with Crippen molar-refractivity contribution in [1.82, 2.24) is 9.97 Å². The van der Waals surface area contributed by atoms with Crippen LogP contribution in [0.1, 0.15) is 35.0 Å². The van der Waals surface area contributed by atoms with Gasteiger partial charge in [-0.2, -0.15) is 22.7 Å². The van der Waals surface area contributed by atoms with Gasteiger partial charge >= 0.3 is 6.18 Å². The zero-order valence-corrected chi connectivity index (χ0v) is 11.9. The highest BCUT2D eigenvalue weighted by atomic mass is 32.1. The molecule has 0 saturated heterocycles. The van der Waals surface area contributed by atoms with Crippen LogP contribution in [0.2, 0.25) is 0 Å². The third-order valence-corrected chi connectivity index (χ3v) is 3.79. The highest BCUT2D eigenvalue weighted by Crippen LogP contribution is 2.41. The minimum Gasteiger partial charge on any atom is -0.245 e. The topological polar surface area (TPSA) is 50.2 Å². The number of nitrogens with zero attached hydrogens (tertiary/aromatic N) is 3. The summed E-state index contributed by atoms with van der Waals surface area (Å²) in [6, 6.07) is 3.76. The first-order chi connectivity index (χ1) is 10.4. The number of rotatable bonds is 4. The number of thiophene rings is 1. The van der Waals surface area contributed by atoms with Crippen LogP contribution in [0.3, 0.4) is 0 Å². The summed E-state index contributed by atoms with van der Waals surface area (Å²) in [5.41, 5.74) is 1.74. The first kappa shape index (κ1) is 14.9. The summed E-state index contributed by atoms with van der Waals surface area (Å²) in [5, 5.41) is 3.38. The Bertz CT molecular complexity index is 706. The minimum atomic E-state index is -4.54. The quantitative estimate of drug-likeness (QED) is 0.523. The Labute approximate surface area is 126 Å². The van der Waals surface area contributed by atoms with Crippen LogP contribution in [0.15, 0.2) is 23.3 Å². The molecule has 0 spiro atoms. The van der Waals surface area contributed by atoms with Crippen molar-refractivity contribution in [2.24, 2.45) is 5.10 Å². The Hall–Kier alpha value is -2.03. The van der Waals surface area contributed by atoms with Crippen LogP contribution < -0.4 is 5.43 Å². The van der Waals surface area contributed by atoms with Crippen molar-refractivity contribution < 1.29 is 17.6 Å². The van der Waals surface area contributed by atoms with Crippen molar-refractivity contribution in [2.45, 2.75) is 24.9 Å². The number of aromatic nitrogens is 2. The molecule has 0 bridgehead atoms. The van der Waals surface area contributed by atoms with E-state index in [0.29, 0.717) is 10.6 Å². The average molecular weight is 330 g/mol. The lowest BCUT2D eigenvalue weighted by Gasteiger charge is -2.09. The molecule has 0 atom stereocenters. The number of hydrazone groups is 1. The average Bonchev–Trinajstić information content (AvgIpc) is 3.21. The third kappa shape index (κ3) is 3.59. The lowest BCUT2D eigenvalue weighted by atomic mass is 10.2. The van der Waals surface area contributed by atoms with Crippen molar-refractivity contribution in [2.75, 3.05) is 5.43 Å². The number of hydrogen-bond donors (Lipinski definition) is 1. The Morgan fingerprint density at radius 3 is 2.64 bits per heavy atom. The Kier molecular flexibility index (Phi) is 3.81. The molecular formula is C13H10F4N4S. The zero-order chi connectivity index (χ0) is 15.7. The van der Waals surface area contributed by atoms with Crippen LogP contribution in [-0.4, -0.2) is 16.2 Å². The predicted octanol–water partition coefficient (Wildman–Crippen LogP) is 4.02. The molecule has 1 saturated carbocycles. The van der Waals surface area contributed by atoms with E-state index in [4.69, 9.17) is 0 Å². The number of anilines is 1. The van der Waals surface area contributed by atoms with E-state index in [1.165, 1.54) is 18.3 Å². The molecule has 1 aliphatic carbocycles. The van der Waals surface area contributed by atoms with E-state index >= 15 is 0 Å². The van der Waals surface area contributed by atoms with E-state index in [0.717, 1.165) is 30.2 Å². The fourth-order valence-corrected chi connectivity index (χ4v) is 2.40. The summed E-state index contributed by atoms with van der Waals surface area (Å²) in [5.74, 6) is -0.162. The van der Waals surface area contributed by atoms with Gasteiger partial charge in [0, 0.05) is 11.6 Å². The molecule has 9 heteroatoms. The fourth-order valence-electron chi connectivity index (χ4n) is 1.80. The lowest BCUT2D eigenvalue weighted by molar-refractivity contribution is -0.141. The van der Waals surface area contributed by atoms with E-state index in [1.807, 2.05) is 0 Å². The normalized spacial score (nSPS) is 15.5. The molecule has 2 aromatic heterocycles. The maximum absolute atomic E-state index is 12.8. The van der Waals surface area contributed by atoms with Gasteiger partial charge in [0.1, 0.15) is 5.69 Å². The smallest absolute Gasteiger partial charge is 0.245 e. The Morgan fingerprint density at radius 1 is 1.27 bits per heavy atom. The van der Waals surface area contributed by atoms with E-state index in [2.05, 4.69) is 20.5 Å². The molecule has 2 heterocycles. The van der Waals surface area contributed by atoms with Gasteiger partial charge in [-0.05, 0) is 31.0 Å². The lowest BCUT2D eigenvalue weighted by Crippen LogP contribution is -2.12. The van der Waals surface area contributed by atoms with E-state index < -0.39 is 11.9 Å². The van der Waals surface area contributed by atoms with Gasteiger partial charge in [-0.1, -0.05) is 0 Å². The monoisotopic (exact) mass is 330 g/mol. The van der Waals surface area contributed by atoms with E-state index in [9.17, 15) is 17.6 Å². The standard InChI is InChI=1S/C13H10F4N4S/c14-11-4-3-8(22-11)6-18-21-12-19-9(7-1-2-7)5-10(20-12)13(15,16)17/h3-7H,1-2H2,(H,19,20,21)/b18-6-. The van der Waals surface area contributed by atoms with Gasteiger partial charge in [-0.25, -0.2) is 15.4 Å². The van der Waals surface area contributed by atoms with Crippen LogP contribution in [0, 0.1) is 5.13 Å². The van der Waals surface area contributed by atoms with Crippen molar-refractivity contribution in [3.8, 4) is 0 Å². The summed E-state index contributed by atoms with van der Waals surface area (Å²) in [4.78, 5) is 7.99. The van der Waals surface area contributed by atoms with Gasteiger partial charge in [-0.3, -0.25) is 0 Å². The maximum Gasteiger partial charge on any atom is 0.433 e. The number of alkyl halides is 3. The molecule has 0 unspecified atom stereocenters. The first-order valence-corrected chi connectivity index (χ1v) is 7.24. The molecule has 2 aromatic rings. The predicted molar refractivity (Wildman–Crippen MR) is 74.5 cm³/mol. The molecule has 4 nitrogen and oxygen atoms in total. The van der Waals surface area contributed by atoms with Crippen LogP contribution in [-0.2, 0) is 6.18 Å². The van der Waals surface area contributed by atoms with Crippen molar-refractivity contribution >= 4 is 23.5 Å². The van der Waals surface area contributed by atoms with Crippen LogP contribution in [0.25, 0.3) is 0 Å². The highest BCUT2D eigenvalue weighted by Gasteiger charge is 2.36. The fraction of sp³-hybridized carbons (Fsp3) is 0.308. The minimum absolute atomic E-state index is 0.0556. The van der Waals surface area contributed by atoms with Crippen molar-refractivity contribution in [3.05, 3.63) is 39.6 Å². The summed E-state index contributed by atoms with van der Waals surface area (Å²) < 4.78 is 51.3. The van der Waals surface area contributed by atoms with Crippen LogP contribution >= 0.6 is 11.3 Å². The van der Waals surface area contributed by atoms with Gasteiger partial charge in [0.25, 0.3) is 0 Å². The third-order valence-electron chi connectivity index (χ3n) is 2.98. The molecule has 22 heavy (non-hydrogen) atoms. The summed E-state index contributed by atoms with van der Waals surface area (Å²) in [7, 11) is 0. The van der Waals surface area contributed by atoms with Crippen molar-refractivity contribution in [3.63, 3.8) is 0 Å². The second-order valence-corrected chi connectivity index (χ2v) is 5.85. The number of halogens is 4. The van der Waals surface area contributed by atoms with Crippen LogP contribution in [0.5, 0.6) is 0 Å². The van der Waals surface area contributed by atoms with Crippen molar-refractivity contribution in [1.29, 1.82) is 0 Å². The second-order valence-electron chi connectivity index (χ2n) is 4.79. The van der Waals surface area contributed by atoms with Gasteiger partial charge in [0.15, 0.2) is 5.13 Å². The second kappa shape index (κ2) is 5.64. The van der Waals surface area contributed by atoms with Gasteiger partial charge in [0.2, 0.25) is 5.95 Å². The molecule has 3 rings (SSSR count). The molecule has 0 aliphatic heterocycles. The first-order valence-electron chi connectivity index (χ1n) is 6.42. The van der Waals surface area contributed by atoms with Gasteiger partial charge < -0.3 is 0 Å². The molecule has 116 valence electrons. The SMILES string of the molecule is Fc1ccc(/C=N\Nc2nc(C3CC3)cc(C(F)(F)F)n2)s1. The molecule has 0 aromatic carbocycles. The summed E-state index contributed by atoms with van der Waals surface area (Å²) in [6.45, 7) is 0. The van der Waals surface area contributed by atoms with Gasteiger partial charge in [0.05, 0.1) is 11.1 Å². The largest absolute Gasteiger partial charge is 0.433 e. The summed E-state index contributed by atoms with van der Waals surface area (Å²) in [6.07, 6.45) is -1.59. The van der Waals surface area contributed by atoms with Crippen LogP contribution in [0.4, 0.5) is 23.5 Å². The molecule has 0 amide bonds. The summed E-state index contributed by atoms with van der Waals surface area (Å²) >= 11 is 0.872. The molecule has 1 fully saturated rings. The van der Waals surface area contributed by atoms with Gasteiger partial charge in [-0.15, -0.1) is 11.3 Å². The maximum atomic E-state index is 12.8. The zero-order valence-electron chi connectivity index (χ0n) is 11.1. The number of nitrogens with one attached hydrogen (secondary N) is 1. The Morgan fingerprint density at radius 2 is 2.05 bits per heavy atom. The molecule has 1 aliphatic rings. The molecule has 1 N–H and O–H groups in total. The Balaban J connectivity index is 1.80. The highest BCUT2D eigenvalue weighted by molar-refractivity contribution is 7.12. The number of hydrogen-bond acceptors (Lipinski definition) is 5.